The number of nitrogens with one attached hydrogen (secondary N) is 1. The van der Waals surface area contributed by atoms with Crippen molar-refractivity contribution < 1.29 is 14.6 Å². The van der Waals surface area contributed by atoms with Gasteiger partial charge in [-0.3, -0.25) is 4.79 Å². The Kier molecular flexibility index (Phi) is 6.07. The van der Waals surface area contributed by atoms with Crippen LogP contribution in [0.4, 0.5) is 5.69 Å². The molecule has 106 valence electrons. The minimum absolute atomic E-state index is 0.00308. The van der Waals surface area contributed by atoms with Gasteiger partial charge in [0.2, 0.25) is 0 Å². The van der Waals surface area contributed by atoms with Crippen LogP contribution in [0.5, 0.6) is 5.75 Å². The zero-order valence-corrected chi connectivity index (χ0v) is 11.5. The molecule has 1 aromatic carbocycles. The number of hydrogen-bond acceptors (Lipinski definition) is 5. The molecule has 0 unspecified atom stereocenters. The van der Waals surface area contributed by atoms with Crippen molar-refractivity contribution in [3.8, 4) is 11.8 Å². The fourth-order valence-electron chi connectivity index (χ4n) is 1.46. The second-order valence-electron chi connectivity index (χ2n) is 4.03. The molecule has 1 aromatic rings. The summed E-state index contributed by atoms with van der Waals surface area (Å²) in [6.07, 6.45) is 1.44. The normalized spacial score (nSPS) is 10.8. The number of nitriles is 1. The van der Waals surface area contributed by atoms with E-state index in [-0.39, 0.29) is 11.3 Å². The molecular weight excluding hydrogens is 258 g/mol. The summed E-state index contributed by atoms with van der Waals surface area (Å²) < 4.78 is 4.82. The van der Waals surface area contributed by atoms with Gasteiger partial charge < -0.3 is 20.1 Å². The smallest absolute Gasteiger partial charge is 0.263 e. The summed E-state index contributed by atoms with van der Waals surface area (Å²) in [5, 5.41) is 20.8. The average molecular weight is 275 g/mol. The zero-order valence-electron chi connectivity index (χ0n) is 11.5. The highest BCUT2D eigenvalue weighted by Gasteiger charge is 2.09. The topological polar surface area (TPSA) is 85.6 Å². The highest BCUT2D eigenvalue weighted by Crippen LogP contribution is 2.17. The first-order valence-corrected chi connectivity index (χ1v) is 5.99. The van der Waals surface area contributed by atoms with E-state index >= 15 is 0 Å². The molecule has 1 rings (SSSR count). The van der Waals surface area contributed by atoms with E-state index in [9.17, 15) is 9.90 Å². The van der Waals surface area contributed by atoms with Gasteiger partial charge in [-0.05, 0) is 24.3 Å². The molecule has 0 saturated heterocycles. The number of carbonyl (C=O) groups excluding carboxylic acids is 1. The van der Waals surface area contributed by atoms with Crippen molar-refractivity contribution in [2.75, 3.05) is 32.2 Å². The molecule has 6 nitrogen and oxygen atoms in total. The summed E-state index contributed by atoms with van der Waals surface area (Å²) in [5.74, 6) is -0.292. The quantitative estimate of drug-likeness (QED) is 0.459. The summed E-state index contributed by atoms with van der Waals surface area (Å²) in [6, 6.07) is 8.29. The Morgan fingerprint density at radius 3 is 2.70 bits per heavy atom. The standard InChI is InChI=1S/C14H17N3O3/c1-17(12-3-5-13(18)6-4-12)10-11(9-15)14(19)16-7-8-20-2/h3-6,10,18H,7-8H2,1-2H3,(H,16,19)/b11-10-. The van der Waals surface area contributed by atoms with Crippen molar-refractivity contribution in [3.05, 3.63) is 36.0 Å². The number of nitrogens with zero attached hydrogens (tertiary/aromatic N) is 2. The van der Waals surface area contributed by atoms with E-state index in [1.54, 1.807) is 24.1 Å². The van der Waals surface area contributed by atoms with Gasteiger partial charge in [0.1, 0.15) is 17.4 Å². The lowest BCUT2D eigenvalue weighted by atomic mass is 10.2. The van der Waals surface area contributed by atoms with Crippen LogP contribution in [0.25, 0.3) is 0 Å². The first-order valence-electron chi connectivity index (χ1n) is 5.99. The Bertz CT molecular complexity index is 517. The molecule has 0 radical (unpaired) electrons. The van der Waals surface area contributed by atoms with Crippen molar-refractivity contribution in [1.29, 1.82) is 5.26 Å². The minimum atomic E-state index is -0.449. The van der Waals surface area contributed by atoms with E-state index < -0.39 is 5.91 Å². The van der Waals surface area contributed by atoms with Crippen LogP contribution in [0.1, 0.15) is 0 Å². The molecule has 6 heteroatoms. The number of carbonyl (C=O) groups is 1. The lowest BCUT2D eigenvalue weighted by Crippen LogP contribution is -2.29. The molecule has 0 spiro atoms. The Morgan fingerprint density at radius 2 is 2.15 bits per heavy atom. The summed E-state index contributed by atoms with van der Waals surface area (Å²) in [7, 11) is 3.25. The minimum Gasteiger partial charge on any atom is -0.508 e. The third kappa shape index (κ3) is 4.63. The van der Waals surface area contributed by atoms with Crippen LogP contribution in [0.2, 0.25) is 0 Å². The van der Waals surface area contributed by atoms with Crippen LogP contribution in [-0.4, -0.2) is 38.3 Å². The predicted molar refractivity (Wildman–Crippen MR) is 75.1 cm³/mol. The molecule has 0 aliphatic heterocycles. The van der Waals surface area contributed by atoms with Crippen molar-refractivity contribution >= 4 is 11.6 Å². The summed E-state index contributed by atoms with van der Waals surface area (Å²) in [5.41, 5.74) is 0.747. The highest BCUT2D eigenvalue weighted by atomic mass is 16.5. The first kappa shape index (κ1) is 15.5. The van der Waals surface area contributed by atoms with Crippen LogP contribution in [0, 0.1) is 11.3 Å². The van der Waals surface area contributed by atoms with Gasteiger partial charge in [-0.25, -0.2) is 0 Å². The van der Waals surface area contributed by atoms with Crippen molar-refractivity contribution in [1.82, 2.24) is 5.32 Å². The lowest BCUT2D eigenvalue weighted by Gasteiger charge is -2.15. The largest absolute Gasteiger partial charge is 0.508 e. The number of rotatable bonds is 6. The maximum absolute atomic E-state index is 11.7. The summed E-state index contributed by atoms with van der Waals surface area (Å²) in [4.78, 5) is 13.4. The van der Waals surface area contributed by atoms with E-state index in [1.807, 2.05) is 6.07 Å². The van der Waals surface area contributed by atoms with E-state index in [0.29, 0.717) is 13.2 Å². The van der Waals surface area contributed by atoms with Crippen LogP contribution >= 0.6 is 0 Å². The Morgan fingerprint density at radius 1 is 1.50 bits per heavy atom. The molecule has 1 amide bonds. The SMILES string of the molecule is COCCNC(=O)/C(C#N)=C\N(C)c1ccc(O)cc1. The van der Waals surface area contributed by atoms with Crippen molar-refractivity contribution in [2.24, 2.45) is 0 Å². The first-order chi connectivity index (χ1) is 9.58. The highest BCUT2D eigenvalue weighted by molar-refractivity contribution is 5.97. The second kappa shape index (κ2) is 7.81. The van der Waals surface area contributed by atoms with Gasteiger partial charge in [-0.1, -0.05) is 0 Å². The lowest BCUT2D eigenvalue weighted by molar-refractivity contribution is -0.117. The van der Waals surface area contributed by atoms with Crippen LogP contribution < -0.4 is 10.2 Å². The number of phenols is 1. The fourth-order valence-corrected chi connectivity index (χ4v) is 1.46. The zero-order chi connectivity index (χ0) is 15.0. The molecule has 0 aliphatic carbocycles. The number of aromatic hydroxyl groups is 1. The molecule has 0 atom stereocenters. The molecule has 20 heavy (non-hydrogen) atoms. The van der Waals surface area contributed by atoms with Gasteiger partial charge in [0.15, 0.2) is 0 Å². The molecular formula is C14H17N3O3. The summed E-state index contributed by atoms with van der Waals surface area (Å²) in [6.45, 7) is 0.732. The maximum Gasteiger partial charge on any atom is 0.263 e. The van der Waals surface area contributed by atoms with E-state index in [2.05, 4.69) is 5.32 Å². The number of benzene rings is 1. The van der Waals surface area contributed by atoms with Crippen LogP contribution in [0.3, 0.4) is 0 Å². The summed E-state index contributed by atoms with van der Waals surface area (Å²) >= 11 is 0. The molecule has 0 fully saturated rings. The van der Waals surface area contributed by atoms with Crippen molar-refractivity contribution in [2.45, 2.75) is 0 Å². The van der Waals surface area contributed by atoms with Gasteiger partial charge in [0.25, 0.3) is 5.91 Å². The van der Waals surface area contributed by atoms with E-state index in [1.165, 1.54) is 25.4 Å². The third-order valence-electron chi connectivity index (χ3n) is 2.54. The molecule has 0 bridgehead atoms. The number of ether oxygens (including phenoxy) is 1. The monoisotopic (exact) mass is 275 g/mol. The van der Waals surface area contributed by atoms with Crippen LogP contribution in [-0.2, 0) is 9.53 Å². The second-order valence-corrected chi connectivity index (χ2v) is 4.03. The number of amides is 1. The number of hydrogen-bond donors (Lipinski definition) is 2. The Labute approximate surface area is 117 Å². The van der Waals surface area contributed by atoms with Gasteiger partial charge in [0.05, 0.1) is 6.61 Å². The number of methoxy groups -OCH3 is 1. The Hall–Kier alpha value is -2.52. The van der Waals surface area contributed by atoms with Crippen LogP contribution in [0.15, 0.2) is 36.0 Å². The van der Waals surface area contributed by atoms with Crippen molar-refractivity contribution in [3.63, 3.8) is 0 Å². The number of phenolic OH excluding ortho intramolecular Hbond substituents is 1. The predicted octanol–water partition coefficient (Wildman–Crippen LogP) is 0.998. The van der Waals surface area contributed by atoms with E-state index in [4.69, 9.17) is 10.00 Å². The maximum atomic E-state index is 11.7. The molecule has 0 aliphatic rings. The molecule has 2 N–H and O–H groups in total. The molecule has 0 saturated carbocycles. The Balaban J connectivity index is 2.75. The molecule has 0 aromatic heterocycles. The fraction of sp³-hybridized carbons (Fsp3) is 0.286. The van der Waals surface area contributed by atoms with Gasteiger partial charge in [-0.2, -0.15) is 5.26 Å². The average Bonchev–Trinajstić information content (AvgIpc) is 2.45. The third-order valence-corrected chi connectivity index (χ3v) is 2.54. The van der Waals surface area contributed by atoms with Gasteiger partial charge in [0, 0.05) is 32.6 Å². The van der Waals surface area contributed by atoms with E-state index in [0.717, 1.165) is 5.69 Å². The van der Waals surface area contributed by atoms with Gasteiger partial charge >= 0.3 is 0 Å². The van der Waals surface area contributed by atoms with Gasteiger partial charge in [-0.15, -0.1) is 0 Å². The molecule has 0 heterocycles. The number of anilines is 1.